The van der Waals surface area contributed by atoms with Crippen molar-refractivity contribution in [3.05, 3.63) is 99.6 Å². The number of carbonyl (C=O) groups excluding carboxylic acids is 1. The van der Waals surface area contributed by atoms with Crippen molar-refractivity contribution in [3.8, 4) is 0 Å². The van der Waals surface area contributed by atoms with E-state index in [1.165, 1.54) is 47.5 Å². The zero-order valence-corrected chi connectivity index (χ0v) is 19.5. The average molecular weight is 480 g/mol. The van der Waals surface area contributed by atoms with Crippen LogP contribution in [0, 0.1) is 10.1 Å². The molecule has 0 heterocycles. The average Bonchev–Trinajstić information content (AvgIpc) is 3.31. The van der Waals surface area contributed by atoms with Crippen LogP contribution in [-0.4, -0.2) is 25.8 Å². The second-order valence-electron chi connectivity index (χ2n) is 8.27. The molecule has 0 aliphatic heterocycles. The molecule has 3 aromatic rings. The molecule has 0 aromatic heterocycles. The van der Waals surface area contributed by atoms with Crippen LogP contribution in [0.1, 0.15) is 36.1 Å². The van der Waals surface area contributed by atoms with Crippen LogP contribution in [0.25, 0.3) is 0 Å². The molecule has 1 atom stereocenters. The van der Waals surface area contributed by atoms with Gasteiger partial charge in [0.2, 0.25) is 5.91 Å². The van der Waals surface area contributed by atoms with Gasteiger partial charge >= 0.3 is 0 Å². The maximum Gasteiger partial charge on any atom is 0.269 e. The van der Waals surface area contributed by atoms with Crippen LogP contribution in [-0.2, 0) is 27.7 Å². The van der Waals surface area contributed by atoms with Gasteiger partial charge in [-0.1, -0.05) is 36.4 Å². The molecular weight excluding hydrogens is 454 g/mol. The SMILES string of the molecule is C[C@@H](NC(=O)CN(c1ccc([N+](=O)[O-])cc1)S(=O)(=O)c1ccccc1)c1ccc2c(c1)CCC2. The van der Waals surface area contributed by atoms with E-state index in [0.29, 0.717) is 0 Å². The predicted octanol–water partition coefficient (Wildman–Crippen LogP) is 4.16. The third kappa shape index (κ3) is 4.94. The van der Waals surface area contributed by atoms with Crippen molar-refractivity contribution in [2.75, 3.05) is 10.8 Å². The lowest BCUT2D eigenvalue weighted by atomic mass is 10.0. The Bertz CT molecular complexity index is 1310. The number of nitro benzene ring substituents is 1. The van der Waals surface area contributed by atoms with Gasteiger partial charge in [-0.3, -0.25) is 19.2 Å². The quantitative estimate of drug-likeness (QED) is 0.385. The molecule has 9 heteroatoms. The van der Waals surface area contributed by atoms with Gasteiger partial charge in [-0.25, -0.2) is 8.42 Å². The van der Waals surface area contributed by atoms with E-state index in [0.717, 1.165) is 29.1 Å². The van der Waals surface area contributed by atoms with Crippen LogP contribution < -0.4 is 9.62 Å². The summed E-state index contributed by atoms with van der Waals surface area (Å²) in [6.45, 7) is 1.39. The van der Waals surface area contributed by atoms with E-state index in [9.17, 15) is 23.3 Å². The van der Waals surface area contributed by atoms with Crippen LogP contribution in [0.5, 0.6) is 0 Å². The molecule has 0 fully saturated rings. The van der Waals surface area contributed by atoms with E-state index in [1.54, 1.807) is 18.2 Å². The number of nitrogens with zero attached hydrogens (tertiary/aromatic N) is 2. The van der Waals surface area contributed by atoms with Gasteiger partial charge in [0, 0.05) is 12.1 Å². The van der Waals surface area contributed by atoms with Gasteiger partial charge in [0.15, 0.2) is 0 Å². The minimum absolute atomic E-state index is 0.0211. The minimum Gasteiger partial charge on any atom is -0.348 e. The summed E-state index contributed by atoms with van der Waals surface area (Å²) in [5.74, 6) is -0.481. The van der Waals surface area contributed by atoms with Crippen LogP contribution in [0.15, 0.2) is 77.7 Å². The Morgan fingerprint density at radius 3 is 2.38 bits per heavy atom. The molecule has 176 valence electrons. The summed E-state index contributed by atoms with van der Waals surface area (Å²) < 4.78 is 27.7. The normalized spacial score (nSPS) is 13.7. The molecule has 34 heavy (non-hydrogen) atoms. The number of aryl methyl sites for hydroxylation is 2. The molecule has 1 aliphatic carbocycles. The number of hydrogen-bond donors (Lipinski definition) is 1. The highest BCUT2D eigenvalue weighted by molar-refractivity contribution is 7.92. The zero-order chi connectivity index (χ0) is 24.3. The minimum atomic E-state index is -4.09. The first-order chi connectivity index (χ1) is 16.3. The number of nitrogens with one attached hydrogen (secondary N) is 1. The lowest BCUT2D eigenvalue weighted by Crippen LogP contribution is -2.41. The first kappa shape index (κ1) is 23.4. The molecule has 1 amide bonds. The molecule has 8 nitrogen and oxygen atoms in total. The predicted molar refractivity (Wildman–Crippen MR) is 129 cm³/mol. The Morgan fingerprint density at radius 1 is 1.03 bits per heavy atom. The van der Waals surface area contributed by atoms with E-state index >= 15 is 0 Å². The largest absolute Gasteiger partial charge is 0.348 e. The number of anilines is 1. The standard InChI is InChI=1S/C25H25N3O5S/c1-18(20-11-10-19-6-5-7-21(19)16-20)26-25(29)17-27(22-12-14-23(15-13-22)28(30)31)34(32,33)24-8-3-2-4-9-24/h2-4,8-16,18H,5-7,17H2,1H3,(H,26,29)/t18-/m1/s1. The second-order valence-corrected chi connectivity index (χ2v) is 10.1. The number of sulfonamides is 1. The van der Waals surface area contributed by atoms with Crippen LogP contribution >= 0.6 is 0 Å². The summed E-state index contributed by atoms with van der Waals surface area (Å²) in [5.41, 5.74) is 3.57. The molecular formula is C25H25N3O5S. The van der Waals surface area contributed by atoms with Gasteiger partial charge < -0.3 is 5.32 Å². The van der Waals surface area contributed by atoms with Crippen LogP contribution in [0.4, 0.5) is 11.4 Å². The van der Waals surface area contributed by atoms with Crippen molar-refractivity contribution in [1.82, 2.24) is 5.32 Å². The first-order valence-corrected chi connectivity index (χ1v) is 12.4. The summed E-state index contributed by atoms with van der Waals surface area (Å²) >= 11 is 0. The number of fused-ring (bicyclic) bond motifs is 1. The molecule has 0 bridgehead atoms. The Kier molecular flexibility index (Phi) is 6.65. The smallest absolute Gasteiger partial charge is 0.269 e. The Balaban J connectivity index is 1.58. The number of benzene rings is 3. The van der Waals surface area contributed by atoms with Crippen molar-refractivity contribution in [2.24, 2.45) is 0 Å². The van der Waals surface area contributed by atoms with E-state index in [1.807, 2.05) is 13.0 Å². The van der Waals surface area contributed by atoms with Gasteiger partial charge in [-0.15, -0.1) is 0 Å². The van der Waals surface area contributed by atoms with Crippen molar-refractivity contribution in [2.45, 2.75) is 37.1 Å². The lowest BCUT2D eigenvalue weighted by molar-refractivity contribution is -0.384. The number of carbonyl (C=O) groups is 1. The Labute approximate surface area is 198 Å². The summed E-state index contributed by atoms with van der Waals surface area (Å²) in [6.07, 6.45) is 3.21. The Morgan fingerprint density at radius 2 is 1.71 bits per heavy atom. The summed E-state index contributed by atoms with van der Waals surface area (Å²) in [6, 6.07) is 18.7. The summed E-state index contributed by atoms with van der Waals surface area (Å²) in [4.78, 5) is 23.4. The maximum absolute atomic E-state index is 13.4. The highest BCUT2D eigenvalue weighted by Crippen LogP contribution is 2.27. The lowest BCUT2D eigenvalue weighted by Gasteiger charge is -2.25. The van der Waals surface area contributed by atoms with Gasteiger partial charge in [0.1, 0.15) is 6.54 Å². The molecule has 0 radical (unpaired) electrons. The van der Waals surface area contributed by atoms with E-state index in [4.69, 9.17) is 0 Å². The molecule has 0 saturated carbocycles. The molecule has 1 aliphatic rings. The molecule has 0 unspecified atom stereocenters. The molecule has 3 aromatic carbocycles. The third-order valence-corrected chi connectivity index (χ3v) is 7.76. The van der Waals surface area contributed by atoms with Gasteiger partial charge in [-0.2, -0.15) is 0 Å². The summed E-state index contributed by atoms with van der Waals surface area (Å²) in [7, 11) is -4.09. The summed E-state index contributed by atoms with van der Waals surface area (Å²) in [5, 5.41) is 13.9. The zero-order valence-electron chi connectivity index (χ0n) is 18.7. The van der Waals surface area contributed by atoms with Gasteiger partial charge in [-0.05, 0) is 67.1 Å². The van der Waals surface area contributed by atoms with E-state index in [2.05, 4.69) is 17.4 Å². The highest BCUT2D eigenvalue weighted by Gasteiger charge is 2.28. The number of hydrogen-bond acceptors (Lipinski definition) is 5. The van der Waals surface area contributed by atoms with Gasteiger partial charge in [0.05, 0.1) is 21.5 Å². The van der Waals surface area contributed by atoms with Crippen molar-refractivity contribution < 1.29 is 18.1 Å². The molecule has 0 spiro atoms. The fraction of sp³-hybridized carbons (Fsp3) is 0.240. The maximum atomic E-state index is 13.4. The topological polar surface area (TPSA) is 110 Å². The second kappa shape index (κ2) is 9.64. The van der Waals surface area contributed by atoms with Gasteiger partial charge in [0.25, 0.3) is 15.7 Å². The molecule has 4 rings (SSSR count). The number of nitro groups is 1. The number of amides is 1. The Hall–Kier alpha value is -3.72. The number of rotatable bonds is 8. The fourth-order valence-electron chi connectivity index (χ4n) is 4.14. The highest BCUT2D eigenvalue weighted by atomic mass is 32.2. The molecule has 1 N–H and O–H groups in total. The monoisotopic (exact) mass is 479 g/mol. The van der Waals surface area contributed by atoms with Crippen molar-refractivity contribution >= 4 is 27.3 Å². The number of non-ortho nitro benzene ring substituents is 1. The van der Waals surface area contributed by atoms with E-state index in [-0.39, 0.29) is 22.3 Å². The van der Waals surface area contributed by atoms with Crippen molar-refractivity contribution in [3.63, 3.8) is 0 Å². The molecule has 0 saturated heterocycles. The first-order valence-electron chi connectivity index (χ1n) is 11.0. The van der Waals surface area contributed by atoms with Crippen LogP contribution in [0.2, 0.25) is 0 Å². The van der Waals surface area contributed by atoms with E-state index < -0.39 is 27.4 Å². The van der Waals surface area contributed by atoms with Crippen molar-refractivity contribution in [1.29, 1.82) is 0 Å². The third-order valence-electron chi connectivity index (χ3n) is 5.97. The van der Waals surface area contributed by atoms with Crippen LogP contribution in [0.3, 0.4) is 0 Å². The fourth-order valence-corrected chi connectivity index (χ4v) is 5.58.